The predicted molar refractivity (Wildman–Crippen MR) is 72.6 cm³/mol. The molecule has 0 radical (unpaired) electrons. The lowest BCUT2D eigenvalue weighted by atomic mass is 10.1. The van der Waals surface area contributed by atoms with Gasteiger partial charge in [0.25, 0.3) is 5.91 Å². The largest absolute Gasteiger partial charge is 0.397 e. The Morgan fingerprint density at radius 1 is 1.56 bits per heavy atom. The summed E-state index contributed by atoms with van der Waals surface area (Å²) in [4.78, 5) is 12.2. The zero-order valence-corrected chi connectivity index (χ0v) is 11.6. The highest BCUT2D eigenvalue weighted by molar-refractivity contribution is 5.94. The Kier molecular flexibility index (Phi) is 4.78. The lowest BCUT2D eigenvalue weighted by Crippen LogP contribution is -2.47. The number of hydrogen-bond donors (Lipinski definition) is 2. The quantitative estimate of drug-likeness (QED) is 0.809. The van der Waals surface area contributed by atoms with Gasteiger partial charge in [0, 0.05) is 19.9 Å². The molecule has 102 valence electrons. The molecule has 0 aromatic carbocycles. The summed E-state index contributed by atoms with van der Waals surface area (Å²) in [7, 11) is 1.62. The molecule has 0 saturated heterocycles. The SMILES string of the molecule is CCCn1cc(N)cc1C(=O)NC(C)(C)COC. The van der Waals surface area contributed by atoms with Gasteiger partial charge >= 0.3 is 0 Å². The Morgan fingerprint density at radius 2 is 2.22 bits per heavy atom. The van der Waals surface area contributed by atoms with Crippen LogP contribution >= 0.6 is 0 Å². The van der Waals surface area contributed by atoms with E-state index in [9.17, 15) is 4.79 Å². The maximum Gasteiger partial charge on any atom is 0.268 e. The first kappa shape index (κ1) is 14.6. The predicted octanol–water partition coefficient (Wildman–Crippen LogP) is 1.64. The lowest BCUT2D eigenvalue weighted by molar-refractivity contribution is 0.0811. The number of hydrogen-bond acceptors (Lipinski definition) is 3. The number of carbonyl (C=O) groups is 1. The summed E-state index contributed by atoms with van der Waals surface area (Å²) in [5.41, 5.74) is 6.55. The number of aromatic nitrogens is 1. The third-order valence-electron chi connectivity index (χ3n) is 2.57. The number of nitrogens with one attached hydrogen (secondary N) is 1. The zero-order valence-electron chi connectivity index (χ0n) is 11.6. The van der Waals surface area contributed by atoms with Gasteiger partial charge in [-0.3, -0.25) is 4.79 Å². The van der Waals surface area contributed by atoms with Crippen molar-refractivity contribution in [1.82, 2.24) is 9.88 Å². The van der Waals surface area contributed by atoms with Gasteiger partial charge < -0.3 is 20.4 Å². The van der Waals surface area contributed by atoms with Crippen LogP contribution in [0.5, 0.6) is 0 Å². The molecule has 5 heteroatoms. The van der Waals surface area contributed by atoms with Crippen molar-refractivity contribution in [1.29, 1.82) is 0 Å². The maximum atomic E-state index is 12.2. The molecule has 1 heterocycles. The average Bonchev–Trinajstić information content (AvgIpc) is 2.59. The molecule has 1 amide bonds. The maximum absolute atomic E-state index is 12.2. The minimum absolute atomic E-state index is 0.123. The smallest absolute Gasteiger partial charge is 0.268 e. The van der Waals surface area contributed by atoms with Crippen LogP contribution in [-0.4, -0.2) is 29.7 Å². The number of carbonyl (C=O) groups excluding carboxylic acids is 1. The number of methoxy groups -OCH3 is 1. The third kappa shape index (κ3) is 3.77. The summed E-state index contributed by atoms with van der Waals surface area (Å²) in [5, 5.41) is 2.95. The van der Waals surface area contributed by atoms with Gasteiger partial charge in [0.1, 0.15) is 5.69 Å². The molecule has 1 aromatic rings. The summed E-state index contributed by atoms with van der Waals surface area (Å²) in [5.74, 6) is -0.123. The van der Waals surface area contributed by atoms with Crippen LogP contribution in [0.4, 0.5) is 5.69 Å². The van der Waals surface area contributed by atoms with Crippen LogP contribution in [0.3, 0.4) is 0 Å². The Morgan fingerprint density at radius 3 is 2.78 bits per heavy atom. The monoisotopic (exact) mass is 253 g/mol. The Balaban J connectivity index is 2.83. The fourth-order valence-corrected chi connectivity index (χ4v) is 1.92. The molecule has 0 saturated carbocycles. The van der Waals surface area contributed by atoms with Crippen molar-refractivity contribution in [3.63, 3.8) is 0 Å². The van der Waals surface area contributed by atoms with Crippen LogP contribution in [0.15, 0.2) is 12.3 Å². The van der Waals surface area contributed by atoms with Gasteiger partial charge in [-0.05, 0) is 26.3 Å². The topological polar surface area (TPSA) is 69.3 Å². The van der Waals surface area contributed by atoms with Crippen LogP contribution < -0.4 is 11.1 Å². The number of rotatable bonds is 6. The molecule has 5 nitrogen and oxygen atoms in total. The van der Waals surface area contributed by atoms with E-state index >= 15 is 0 Å². The van der Waals surface area contributed by atoms with E-state index in [1.54, 1.807) is 19.4 Å². The van der Waals surface area contributed by atoms with Crippen molar-refractivity contribution in [3.05, 3.63) is 18.0 Å². The van der Waals surface area contributed by atoms with Gasteiger partial charge in [-0.15, -0.1) is 0 Å². The molecule has 18 heavy (non-hydrogen) atoms. The van der Waals surface area contributed by atoms with Crippen molar-refractivity contribution in [2.75, 3.05) is 19.5 Å². The Bertz CT molecular complexity index is 410. The second-order valence-corrected chi connectivity index (χ2v) is 5.12. The standard InChI is InChI=1S/C13H23N3O2/c1-5-6-16-8-10(14)7-11(16)12(17)15-13(2,3)9-18-4/h7-8H,5-6,9,14H2,1-4H3,(H,15,17). The number of ether oxygens (including phenoxy) is 1. The second kappa shape index (κ2) is 5.91. The molecule has 0 atom stereocenters. The first-order chi connectivity index (χ1) is 8.39. The summed E-state index contributed by atoms with van der Waals surface area (Å²) < 4.78 is 6.96. The summed E-state index contributed by atoms with van der Waals surface area (Å²) in [6.45, 7) is 7.15. The van der Waals surface area contributed by atoms with Crippen LogP contribution in [0, 0.1) is 0 Å². The third-order valence-corrected chi connectivity index (χ3v) is 2.57. The van der Waals surface area contributed by atoms with Crippen molar-refractivity contribution >= 4 is 11.6 Å². The highest BCUT2D eigenvalue weighted by atomic mass is 16.5. The van der Waals surface area contributed by atoms with E-state index in [-0.39, 0.29) is 5.91 Å². The lowest BCUT2D eigenvalue weighted by Gasteiger charge is -2.25. The van der Waals surface area contributed by atoms with Gasteiger partial charge in [-0.25, -0.2) is 0 Å². The van der Waals surface area contributed by atoms with Crippen molar-refractivity contribution in [3.8, 4) is 0 Å². The van der Waals surface area contributed by atoms with Gasteiger partial charge in [0.05, 0.1) is 17.8 Å². The minimum atomic E-state index is -0.401. The average molecular weight is 253 g/mol. The Labute approximate surface area is 108 Å². The van der Waals surface area contributed by atoms with Crippen molar-refractivity contribution < 1.29 is 9.53 Å². The molecule has 3 N–H and O–H groups in total. The first-order valence-electron chi connectivity index (χ1n) is 6.16. The molecule has 1 aromatic heterocycles. The molecule has 0 bridgehead atoms. The van der Waals surface area contributed by atoms with Crippen LogP contribution in [-0.2, 0) is 11.3 Å². The van der Waals surface area contributed by atoms with Crippen molar-refractivity contribution in [2.45, 2.75) is 39.3 Å². The highest BCUT2D eigenvalue weighted by Crippen LogP contribution is 2.13. The highest BCUT2D eigenvalue weighted by Gasteiger charge is 2.22. The van der Waals surface area contributed by atoms with E-state index in [0.717, 1.165) is 13.0 Å². The van der Waals surface area contributed by atoms with Crippen LogP contribution in [0.25, 0.3) is 0 Å². The van der Waals surface area contributed by atoms with Crippen LogP contribution in [0.2, 0.25) is 0 Å². The Hall–Kier alpha value is -1.49. The fraction of sp³-hybridized carbons (Fsp3) is 0.615. The molecule has 0 unspecified atom stereocenters. The number of aryl methyl sites for hydroxylation is 1. The molecular weight excluding hydrogens is 230 g/mol. The van der Waals surface area contributed by atoms with E-state index in [0.29, 0.717) is 18.0 Å². The molecule has 0 aliphatic heterocycles. The van der Waals surface area contributed by atoms with Gasteiger partial charge in [0.2, 0.25) is 0 Å². The first-order valence-corrected chi connectivity index (χ1v) is 6.16. The molecule has 0 aliphatic carbocycles. The fourth-order valence-electron chi connectivity index (χ4n) is 1.92. The van der Waals surface area contributed by atoms with E-state index in [1.165, 1.54) is 0 Å². The molecule has 0 fully saturated rings. The van der Waals surface area contributed by atoms with E-state index in [4.69, 9.17) is 10.5 Å². The number of nitrogens with two attached hydrogens (primary N) is 1. The van der Waals surface area contributed by atoms with Gasteiger partial charge in [0.15, 0.2) is 0 Å². The molecule has 1 rings (SSSR count). The summed E-state index contributed by atoms with van der Waals surface area (Å²) >= 11 is 0. The van der Waals surface area contributed by atoms with Crippen molar-refractivity contribution in [2.24, 2.45) is 0 Å². The number of amides is 1. The number of nitrogen functional groups attached to an aromatic ring is 1. The number of anilines is 1. The number of nitrogens with zero attached hydrogens (tertiary/aromatic N) is 1. The minimum Gasteiger partial charge on any atom is -0.397 e. The van der Waals surface area contributed by atoms with Gasteiger partial charge in [-0.1, -0.05) is 6.92 Å². The molecular formula is C13H23N3O2. The summed E-state index contributed by atoms with van der Waals surface area (Å²) in [6.07, 6.45) is 2.75. The van der Waals surface area contributed by atoms with Crippen LogP contribution in [0.1, 0.15) is 37.7 Å². The normalized spacial score (nSPS) is 11.6. The van der Waals surface area contributed by atoms with E-state index in [1.807, 2.05) is 18.4 Å². The molecule has 0 aliphatic rings. The zero-order chi connectivity index (χ0) is 13.8. The van der Waals surface area contributed by atoms with Gasteiger partial charge in [-0.2, -0.15) is 0 Å². The van der Waals surface area contributed by atoms with E-state index in [2.05, 4.69) is 12.2 Å². The second-order valence-electron chi connectivity index (χ2n) is 5.12. The molecule has 0 spiro atoms. The van der Waals surface area contributed by atoms with E-state index < -0.39 is 5.54 Å². The summed E-state index contributed by atoms with van der Waals surface area (Å²) in [6, 6.07) is 1.70.